The van der Waals surface area contributed by atoms with E-state index < -0.39 is 0 Å². The summed E-state index contributed by atoms with van der Waals surface area (Å²) < 4.78 is 0. The first-order chi connectivity index (χ1) is 14.2. The Labute approximate surface area is 185 Å². The lowest BCUT2D eigenvalue weighted by Gasteiger charge is -2.61. The lowest BCUT2D eigenvalue weighted by molar-refractivity contribution is -0.115. The molecule has 6 bridgehead atoms. The van der Waals surface area contributed by atoms with Crippen molar-refractivity contribution in [1.29, 1.82) is 0 Å². The molecule has 8 unspecified atom stereocenters. The van der Waals surface area contributed by atoms with Crippen molar-refractivity contribution in [1.82, 2.24) is 15.5 Å². The predicted octanol–water partition coefficient (Wildman–Crippen LogP) is 4.38. The first-order valence-corrected chi connectivity index (χ1v) is 13.4. The highest BCUT2D eigenvalue weighted by atomic mass is 15.2. The van der Waals surface area contributed by atoms with Gasteiger partial charge in [-0.3, -0.25) is 4.90 Å². The van der Waals surface area contributed by atoms with Crippen molar-refractivity contribution < 1.29 is 0 Å². The number of piperidine rings is 4. The molecule has 3 aliphatic carbocycles. The number of rotatable bonds is 5. The maximum absolute atomic E-state index is 4.26. The molecular weight excluding hydrogens is 366 g/mol. The summed E-state index contributed by atoms with van der Waals surface area (Å²) >= 11 is 0. The molecule has 4 heterocycles. The van der Waals surface area contributed by atoms with Crippen LogP contribution in [0.5, 0.6) is 0 Å². The predicted molar refractivity (Wildman–Crippen MR) is 124 cm³/mol. The number of nitrogens with one attached hydrogen (secondary N) is 2. The van der Waals surface area contributed by atoms with E-state index in [0.717, 1.165) is 65.5 Å². The number of nitrogens with zero attached hydrogens (tertiary/aromatic N) is 1. The van der Waals surface area contributed by atoms with Crippen molar-refractivity contribution in [2.75, 3.05) is 19.6 Å². The van der Waals surface area contributed by atoms with Crippen LogP contribution in [0, 0.1) is 52.8 Å². The minimum Gasteiger partial charge on any atom is -0.314 e. The molecule has 4 saturated heterocycles. The van der Waals surface area contributed by atoms with E-state index >= 15 is 0 Å². The van der Waals surface area contributed by atoms with Gasteiger partial charge in [0.05, 0.1) is 0 Å². The molecule has 30 heavy (non-hydrogen) atoms. The van der Waals surface area contributed by atoms with Crippen LogP contribution in [0.3, 0.4) is 0 Å². The van der Waals surface area contributed by atoms with Crippen LogP contribution in [0.4, 0.5) is 0 Å². The van der Waals surface area contributed by atoms with Gasteiger partial charge in [0, 0.05) is 36.8 Å². The highest BCUT2D eigenvalue weighted by molar-refractivity contribution is 5.15. The summed E-state index contributed by atoms with van der Waals surface area (Å²) in [5.74, 6) is 7.46. The molecule has 9 atom stereocenters. The van der Waals surface area contributed by atoms with Gasteiger partial charge < -0.3 is 10.6 Å². The quantitative estimate of drug-likeness (QED) is 0.700. The Balaban J connectivity index is 1.13. The smallest absolute Gasteiger partial charge is 0.0196 e. The number of fused-ring (bicyclic) bond motifs is 6. The van der Waals surface area contributed by atoms with Crippen LogP contribution in [0.25, 0.3) is 0 Å². The second-order valence-corrected chi connectivity index (χ2v) is 14.0. The molecule has 7 aliphatic rings. The van der Waals surface area contributed by atoms with E-state index in [0.29, 0.717) is 11.0 Å². The largest absolute Gasteiger partial charge is 0.314 e. The SMILES string of the molecule is CC(C)C1C2CC1CN(C(C)(C)C1C[C@H]3CC1NC3C(C)(C)C1CC3CC1CN3)C2. The number of hydrogen-bond acceptors (Lipinski definition) is 3. The Morgan fingerprint density at radius 1 is 0.800 bits per heavy atom. The Morgan fingerprint density at radius 2 is 1.53 bits per heavy atom. The zero-order valence-electron chi connectivity index (χ0n) is 20.5. The molecule has 0 aromatic heterocycles. The minimum absolute atomic E-state index is 0.358. The molecule has 0 aromatic carbocycles. The van der Waals surface area contributed by atoms with E-state index in [1.165, 1.54) is 51.7 Å². The summed E-state index contributed by atoms with van der Waals surface area (Å²) in [4.78, 5) is 2.93. The second kappa shape index (κ2) is 6.70. The lowest BCUT2D eigenvalue weighted by Crippen LogP contribution is -2.66. The van der Waals surface area contributed by atoms with E-state index in [9.17, 15) is 0 Å². The van der Waals surface area contributed by atoms with E-state index in [2.05, 4.69) is 57.1 Å². The summed E-state index contributed by atoms with van der Waals surface area (Å²) in [5, 5.41) is 8.00. The van der Waals surface area contributed by atoms with Crippen LogP contribution >= 0.6 is 0 Å². The molecule has 0 radical (unpaired) electrons. The topological polar surface area (TPSA) is 27.3 Å². The van der Waals surface area contributed by atoms with Gasteiger partial charge in [0.2, 0.25) is 0 Å². The molecule has 170 valence electrons. The van der Waals surface area contributed by atoms with E-state index in [-0.39, 0.29) is 0 Å². The Hall–Kier alpha value is -0.120. The molecule has 3 heteroatoms. The third kappa shape index (κ3) is 2.80. The van der Waals surface area contributed by atoms with Crippen LogP contribution in [-0.2, 0) is 0 Å². The average Bonchev–Trinajstić information content (AvgIpc) is 3.47. The van der Waals surface area contributed by atoms with E-state index in [4.69, 9.17) is 0 Å². The summed E-state index contributed by atoms with van der Waals surface area (Å²) in [6, 6.07) is 2.33. The molecule has 4 aliphatic heterocycles. The fraction of sp³-hybridized carbons (Fsp3) is 1.00. The molecule has 0 aromatic rings. The van der Waals surface area contributed by atoms with Crippen LogP contribution in [0.15, 0.2) is 0 Å². The lowest BCUT2D eigenvalue weighted by atomic mass is 9.56. The van der Waals surface area contributed by atoms with Crippen molar-refractivity contribution in [3.05, 3.63) is 0 Å². The molecule has 7 rings (SSSR count). The summed E-state index contributed by atoms with van der Waals surface area (Å²) in [6.45, 7) is 19.3. The minimum atomic E-state index is 0.358. The summed E-state index contributed by atoms with van der Waals surface area (Å²) in [5.41, 5.74) is 0.810. The fourth-order valence-corrected chi connectivity index (χ4v) is 10.2. The Bertz CT molecular complexity index is 672. The zero-order valence-corrected chi connectivity index (χ0v) is 20.5. The van der Waals surface area contributed by atoms with Crippen LogP contribution in [-0.4, -0.2) is 48.2 Å². The van der Waals surface area contributed by atoms with Crippen molar-refractivity contribution in [3.8, 4) is 0 Å². The zero-order chi connectivity index (χ0) is 21.0. The Morgan fingerprint density at radius 3 is 2.07 bits per heavy atom. The van der Waals surface area contributed by atoms with E-state index in [1.54, 1.807) is 0 Å². The van der Waals surface area contributed by atoms with Gasteiger partial charge in [-0.15, -0.1) is 0 Å². The normalized spacial score (nSPS) is 50.5. The van der Waals surface area contributed by atoms with Gasteiger partial charge in [0.25, 0.3) is 0 Å². The van der Waals surface area contributed by atoms with Gasteiger partial charge in [-0.05, 0) is 105 Å². The summed E-state index contributed by atoms with van der Waals surface area (Å²) in [6.07, 6.45) is 7.29. The molecule has 2 N–H and O–H groups in total. The average molecular weight is 414 g/mol. The van der Waals surface area contributed by atoms with Crippen molar-refractivity contribution in [2.45, 2.75) is 97.3 Å². The van der Waals surface area contributed by atoms with Gasteiger partial charge in [-0.2, -0.15) is 0 Å². The van der Waals surface area contributed by atoms with Gasteiger partial charge in [-0.25, -0.2) is 0 Å². The van der Waals surface area contributed by atoms with Crippen LogP contribution < -0.4 is 10.6 Å². The third-order valence-corrected chi connectivity index (χ3v) is 11.7. The van der Waals surface area contributed by atoms with Crippen LogP contribution in [0.1, 0.15) is 73.6 Å². The van der Waals surface area contributed by atoms with Gasteiger partial charge in [-0.1, -0.05) is 27.7 Å². The number of hydrogen-bond donors (Lipinski definition) is 2. The van der Waals surface area contributed by atoms with Crippen LogP contribution in [0.2, 0.25) is 0 Å². The second-order valence-electron chi connectivity index (χ2n) is 14.0. The van der Waals surface area contributed by atoms with Gasteiger partial charge in [0.15, 0.2) is 0 Å². The van der Waals surface area contributed by atoms with Gasteiger partial charge in [0.1, 0.15) is 0 Å². The molecule has 3 nitrogen and oxygen atoms in total. The van der Waals surface area contributed by atoms with Crippen molar-refractivity contribution >= 4 is 0 Å². The standard InChI is InChI=1S/C27H47N3/c1-15(2)24-18-7-19(24)14-30(13-18)27(5,6)22-9-16-10-23(22)29-25(16)26(3,4)21-11-20-8-17(21)12-28-20/h15-25,28-29H,7-14H2,1-6H3/t16-,17?,18?,19?,20?,21?,22?,23?,24?,25?/m0/s1. The highest BCUT2D eigenvalue weighted by Crippen LogP contribution is 2.57. The first kappa shape index (κ1) is 20.5. The fourth-order valence-electron chi connectivity index (χ4n) is 10.2. The maximum atomic E-state index is 4.26. The Kier molecular flexibility index (Phi) is 4.58. The first-order valence-electron chi connectivity index (χ1n) is 13.4. The molecular formula is C27H47N3. The van der Waals surface area contributed by atoms with Gasteiger partial charge >= 0.3 is 0 Å². The van der Waals surface area contributed by atoms with Crippen molar-refractivity contribution in [2.24, 2.45) is 52.8 Å². The molecule has 0 spiro atoms. The highest BCUT2D eigenvalue weighted by Gasteiger charge is 2.60. The molecule has 7 fully saturated rings. The summed E-state index contributed by atoms with van der Waals surface area (Å²) in [7, 11) is 0. The maximum Gasteiger partial charge on any atom is 0.0196 e. The molecule has 0 amide bonds. The van der Waals surface area contributed by atoms with E-state index in [1.807, 2.05) is 0 Å². The third-order valence-electron chi connectivity index (χ3n) is 11.7. The monoisotopic (exact) mass is 413 g/mol. The molecule has 3 saturated carbocycles. The van der Waals surface area contributed by atoms with Crippen molar-refractivity contribution in [3.63, 3.8) is 0 Å².